The molecule has 0 spiro atoms. The average molecular weight is 298 g/mol. The summed E-state index contributed by atoms with van der Waals surface area (Å²) in [5.41, 5.74) is 0. The number of nitrogens with zero attached hydrogens (tertiary/aromatic N) is 1. The third kappa shape index (κ3) is 4.34. The van der Waals surface area contributed by atoms with Gasteiger partial charge in [-0.2, -0.15) is 0 Å². The van der Waals surface area contributed by atoms with Crippen LogP contribution in [-0.4, -0.2) is 47.4 Å². The second-order valence-electron chi connectivity index (χ2n) is 4.77. The Bertz CT molecular complexity index is 485. The summed E-state index contributed by atoms with van der Waals surface area (Å²) in [4.78, 5) is 36.5. The lowest BCUT2D eigenvalue weighted by Gasteiger charge is -2.20. The SMILES string of the molecule is CC(C)C(NC(=O)CN(C)C(=O)c1cccs1)C(=O)O. The Morgan fingerprint density at radius 3 is 2.50 bits per heavy atom. The van der Waals surface area contributed by atoms with Gasteiger partial charge in [0.2, 0.25) is 5.91 Å². The average Bonchev–Trinajstić information content (AvgIpc) is 2.87. The van der Waals surface area contributed by atoms with Crippen LogP contribution in [0, 0.1) is 5.92 Å². The maximum atomic E-state index is 11.9. The van der Waals surface area contributed by atoms with Gasteiger partial charge in [-0.25, -0.2) is 4.79 Å². The molecular formula is C13H18N2O4S. The van der Waals surface area contributed by atoms with Gasteiger partial charge in [0.05, 0.1) is 11.4 Å². The number of thiophene rings is 1. The van der Waals surface area contributed by atoms with E-state index in [4.69, 9.17) is 5.11 Å². The highest BCUT2D eigenvalue weighted by atomic mass is 32.1. The van der Waals surface area contributed by atoms with Crippen LogP contribution in [0.1, 0.15) is 23.5 Å². The van der Waals surface area contributed by atoms with Crippen molar-refractivity contribution in [1.82, 2.24) is 10.2 Å². The van der Waals surface area contributed by atoms with E-state index in [1.165, 1.54) is 23.3 Å². The highest BCUT2D eigenvalue weighted by Gasteiger charge is 2.24. The number of hydrogen-bond donors (Lipinski definition) is 2. The van der Waals surface area contributed by atoms with Gasteiger partial charge in [0.15, 0.2) is 0 Å². The fourth-order valence-corrected chi connectivity index (χ4v) is 2.33. The summed E-state index contributed by atoms with van der Waals surface area (Å²) >= 11 is 1.29. The van der Waals surface area contributed by atoms with E-state index in [0.29, 0.717) is 4.88 Å². The molecule has 1 unspecified atom stereocenters. The van der Waals surface area contributed by atoms with Crippen molar-refractivity contribution in [3.8, 4) is 0 Å². The first-order valence-corrected chi connectivity index (χ1v) is 7.02. The summed E-state index contributed by atoms with van der Waals surface area (Å²) < 4.78 is 0. The second-order valence-corrected chi connectivity index (χ2v) is 5.71. The largest absolute Gasteiger partial charge is 0.480 e. The molecule has 0 saturated heterocycles. The Labute approximate surface area is 121 Å². The minimum absolute atomic E-state index is 0.173. The van der Waals surface area contributed by atoms with Crippen molar-refractivity contribution >= 4 is 29.1 Å². The molecule has 0 aliphatic carbocycles. The first-order chi connectivity index (χ1) is 9.32. The van der Waals surface area contributed by atoms with Crippen molar-refractivity contribution in [3.05, 3.63) is 22.4 Å². The van der Waals surface area contributed by atoms with E-state index < -0.39 is 17.9 Å². The molecule has 0 fully saturated rings. The van der Waals surface area contributed by atoms with Crippen molar-refractivity contribution in [2.75, 3.05) is 13.6 Å². The minimum atomic E-state index is -1.08. The van der Waals surface area contributed by atoms with Gasteiger partial charge in [0.25, 0.3) is 5.91 Å². The third-order valence-corrected chi connectivity index (χ3v) is 3.57. The normalized spacial score (nSPS) is 12.0. The van der Waals surface area contributed by atoms with Crippen LogP contribution in [-0.2, 0) is 9.59 Å². The van der Waals surface area contributed by atoms with E-state index >= 15 is 0 Å². The Balaban J connectivity index is 2.57. The van der Waals surface area contributed by atoms with Gasteiger partial charge < -0.3 is 15.3 Å². The predicted octanol–water partition coefficient (Wildman–Crippen LogP) is 1.05. The lowest BCUT2D eigenvalue weighted by Crippen LogP contribution is -2.48. The molecule has 20 heavy (non-hydrogen) atoms. The molecule has 1 aromatic heterocycles. The summed E-state index contributed by atoms with van der Waals surface area (Å²) in [6.45, 7) is 3.24. The van der Waals surface area contributed by atoms with Gasteiger partial charge >= 0.3 is 5.97 Å². The quantitative estimate of drug-likeness (QED) is 0.821. The van der Waals surface area contributed by atoms with Crippen LogP contribution >= 0.6 is 11.3 Å². The topological polar surface area (TPSA) is 86.7 Å². The van der Waals surface area contributed by atoms with Crippen molar-refractivity contribution < 1.29 is 19.5 Å². The van der Waals surface area contributed by atoms with E-state index in [1.807, 2.05) is 0 Å². The Hall–Kier alpha value is -1.89. The molecule has 0 bridgehead atoms. The molecule has 1 heterocycles. The van der Waals surface area contributed by atoms with Gasteiger partial charge in [-0.05, 0) is 17.4 Å². The Morgan fingerprint density at radius 2 is 2.05 bits per heavy atom. The van der Waals surface area contributed by atoms with Crippen LogP contribution in [0.2, 0.25) is 0 Å². The third-order valence-electron chi connectivity index (χ3n) is 2.71. The van der Waals surface area contributed by atoms with E-state index in [0.717, 1.165) is 0 Å². The van der Waals surface area contributed by atoms with Gasteiger partial charge in [0, 0.05) is 7.05 Å². The van der Waals surface area contributed by atoms with Crippen molar-refractivity contribution in [3.63, 3.8) is 0 Å². The summed E-state index contributed by atoms with van der Waals surface area (Å²) in [5.74, 6) is -2.06. The Kier molecular flexibility index (Phi) is 5.69. The van der Waals surface area contributed by atoms with Crippen LogP contribution < -0.4 is 5.32 Å². The number of likely N-dealkylation sites (N-methyl/N-ethyl adjacent to an activating group) is 1. The first-order valence-electron chi connectivity index (χ1n) is 6.14. The molecule has 7 heteroatoms. The second kappa shape index (κ2) is 7.04. The molecule has 2 amide bonds. The lowest BCUT2D eigenvalue weighted by molar-refractivity contribution is -0.143. The van der Waals surface area contributed by atoms with E-state index in [2.05, 4.69) is 5.32 Å². The number of amides is 2. The number of aliphatic carboxylic acids is 1. The van der Waals surface area contributed by atoms with Crippen LogP contribution in [0.3, 0.4) is 0 Å². The van der Waals surface area contributed by atoms with E-state index in [-0.39, 0.29) is 18.4 Å². The molecule has 110 valence electrons. The molecule has 0 aromatic carbocycles. The molecule has 2 N–H and O–H groups in total. The number of carbonyl (C=O) groups is 3. The van der Waals surface area contributed by atoms with Gasteiger partial charge in [-0.1, -0.05) is 19.9 Å². The van der Waals surface area contributed by atoms with Gasteiger partial charge in [0.1, 0.15) is 6.04 Å². The standard InChI is InChI=1S/C13H18N2O4S/c1-8(2)11(13(18)19)14-10(16)7-15(3)12(17)9-5-4-6-20-9/h4-6,8,11H,7H2,1-3H3,(H,14,16)(H,18,19). The maximum Gasteiger partial charge on any atom is 0.326 e. The van der Waals surface area contributed by atoms with E-state index in [9.17, 15) is 14.4 Å². The fourth-order valence-electron chi connectivity index (χ4n) is 1.61. The zero-order chi connectivity index (χ0) is 15.3. The molecule has 1 aromatic rings. The zero-order valence-electron chi connectivity index (χ0n) is 11.6. The molecule has 1 rings (SSSR count). The number of rotatable bonds is 6. The number of carboxylic acid groups (broad SMARTS) is 1. The molecule has 0 aliphatic rings. The fraction of sp³-hybridized carbons (Fsp3) is 0.462. The zero-order valence-corrected chi connectivity index (χ0v) is 12.4. The van der Waals surface area contributed by atoms with E-state index in [1.54, 1.807) is 31.4 Å². The summed E-state index contributed by atoms with van der Waals surface area (Å²) in [7, 11) is 1.51. The molecular weight excluding hydrogens is 280 g/mol. The molecule has 1 atom stereocenters. The summed E-state index contributed by atoms with van der Waals surface area (Å²) in [6.07, 6.45) is 0. The van der Waals surface area contributed by atoms with Crippen molar-refractivity contribution in [1.29, 1.82) is 0 Å². The highest BCUT2D eigenvalue weighted by Crippen LogP contribution is 2.11. The maximum absolute atomic E-state index is 11.9. The van der Waals surface area contributed by atoms with Crippen molar-refractivity contribution in [2.24, 2.45) is 5.92 Å². The lowest BCUT2D eigenvalue weighted by atomic mass is 10.0. The van der Waals surface area contributed by atoms with Crippen LogP contribution in [0.4, 0.5) is 0 Å². The number of carbonyl (C=O) groups excluding carboxylic acids is 2. The molecule has 0 radical (unpaired) electrons. The molecule has 0 aliphatic heterocycles. The minimum Gasteiger partial charge on any atom is -0.480 e. The molecule has 0 saturated carbocycles. The summed E-state index contributed by atoms with van der Waals surface area (Å²) in [5, 5.41) is 13.2. The number of nitrogens with one attached hydrogen (secondary N) is 1. The monoisotopic (exact) mass is 298 g/mol. The smallest absolute Gasteiger partial charge is 0.326 e. The molecule has 6 nitrogen and oxygen atoms in total. The predicted molar refractivity (Wildman–Crippen MR) is 75.7 cm³/mol. The highest BCUT2D eigenvalue weighted by molar-refractivity contribution is 7.12. The van der Waals surface area contributed by atoms with Gasteiger partial charge in [-0.15, -0.1) is 11.3 Å². The Morgan fingerprint density at radius 1 is 1.40 bits per heavy atom. The van der Waals surface area contributed by atoms with Gasteiger partial charge in [-0.3, -0.25) is 9.59 Å². The van der Waals surface area contributed by atoms with Crippen molar-refractivity contribution in [2.45, 2.75) is 19.9 Å². The van der Waals surface area contributed by atoms with Crippen LogP contribution in [0.15, 0.2) is 17.5 Å². The van der Waals surface area contributed by atoms with Crippen LogP contribution in [0.25, 0.3) is 0 Å². The summed E-state index contributed by atoms with van der Waals surface area (Å²) in [6, 6.07) is 2.48. The number of hydrogen-bond acceptors (Lipinski definition) is 4. The first kappa shape index (κ1) is 16.2. The number of carboxylic acids is 1. The van der Waals surface area contributed by atoms with Crippen LogP contribution in [0.5, 0.6) is 0 Å².